The number of hydrogen-bond donors (Lipinski definition) is 3. The SMILES string of the molecule is CC(C)(C)S(=O)(=O)CCNC(=O)NC(CCC(=O)O)Cc1ccccc1. The number of hydrogen-bond acceptors (Lipinski definition) is 4. The summed E-state index contributed by atoms with van der Waals surface area (Å²) in [5, 5.41) is 14.2. The molecule has 1 atom stereocenters. The molecule has 0 heterocycles. The van der Waals surface area contributed by atoms with Crippen molar-refractivity contribution < 1.29 is 23.1 Å². The first-order valence-corrected chi connectivity index (χ1v) is 10.2. The molecule has 1 rings (SSSR count). The van der Waals surface area contributed by atoms with Gasteiger partial charge in [-0.05, 0) is 39.2 Å². The lowest BCUT2D eigenvalue weighted by Crippen LogP contribution is -2.45. The smallest absolute Gasteiger partial charge is 0.315 e. The Morgan fingerprint density at radius 1 is 1.15 bits per heavy atom. The van der Waals surface area contributed by atoms with E-state index in [4.69, 9.17) is 5.11 Å². The molecule has 0 bridgehead atoms. The highest BCUT2D eigenvalue weighted by atomic mass is 32.2. The highest BCUT2D eigenvalue weighted by Crippen LogP contribution is 2.15. The second-order valence-electron chi connectivity index (χ2n) is 7.15. The van der Waals surface area contributed by atoms with E-state index in [0.29, 0.717) is 6.42 Å². The molecule has 1 aromatic rings. The molecule has 0 aliphatic carbocycles. The van der Waals surface area contributed by atoms with Gasteiger partial charge in [0.05, 0.1) is 10.5 Å². The molecule has 0 spiro atoms. The van der Waals surface area contributed by atoms with Gasteiger partial charge in [0.2, 0.25) is 0 Å². The second kappa shape index (κ2) is 9.56. The maximum absolute atomic E-state index is 12.1. The van der Waals surface area contributed by atoms with Crippen molar-refractivity contribution in [3.05, 3.63) is 35.9 Å². The summed E-state index contributed by atoms with van der Waals surface area (Å²) in [5.41, 5.74) is 0.985. The molecule has 0 saturated heterocycles. The lowest BCUT2D eigenvalue weighted by atomic mass is 10.0. The van der Waals surface area contributed by atoms with E-state index in [0.717, 1.165) is 5.56 Å². The minimum atomic E-state index is -3.31. The van der Waals surface area contributed by atoms with Crippen molar-refractivity contribution in [2.45, 2.75) is 50.8 Å². The standard InChI is InChI=1S/C18H28N2O5S/c1-18(2,3)26(24,25)12-11-19-17(23)20-15(9-10-16(21)22)13-14-7-5-4-6-8-14/h4-8,15H,9-13H2,1-3H3,(H,21,22)(H2,19,20,23). The van der Waals surface area contributed by atoms with E-state index in [1.54, 1.807) is 20.8 Å². The number of carbonyl (C=O) groups is 2. The third-order valence-corrected chi connectivity index (χ3v) is 6.56. The van der Waals surface area contributed by atoms with Crippen LogP contribution in [0.3, 0.4) is 0 Å². The zero-order chi connectivity index (χ0) is 19.8. The van der Waals surface area contributed by atoms with Crippen molar-refractivity contribution in [1.29, 1.82) is 0 Å². The molecule has 146 valence electrons. The Morgan fingerprint density at radius 2 is 1.77 bits per heavy atom. The highest BCUT2D eigenvalue weighted by molar-refractivity contribution is 7.92. The van der Waals surface area contributed by atoms with Gasteiger partial charge >= 0.3 is 12.0 Å². The molecule has 0 saturated carbocycles. The normalized spacial score (nSPS) is 13.0. The van der Waals surface area contributed by atoms with E-state index >= 15 is 0 Å². The predicted molar refractivity (Wildman–Crippen MR) is 101 cm³/mol. The zero-order valence-corrected chi connectivity index (χ0v) is 16.3. The summed E-state index contributed by atoms with van der Waals surface area (Å²) in [6, 6.07) is 8.59. The minimum Gasteiger partial charge on any atom is -0.481 e. The van der Waals surface area contributed by atoms with Gasteiger partial charge in [-0.1, -0.05) is 30.3 Å². The van der Waals surface area contributed by atoms with E-state index in [1.165, 1.54) is 0 Å². The number of sulfone groups is 1. The molecular weight excluding hydrogens is 356 g/mol. The molecule has 8 heteroatoms. The van der Waals surface area contributed by atoms with Crippen molar-refractivity contribution in [1.82, 2.24) is 10.6 Å². The predicted octanol–water partition coefficient (Wildman–Crippen LogP) is 1.97. The Hall–Kier alpha value is -2.09. The summed E-state index contributed by atoms with van der Waals surface area (Å²) in [6.07, 6.45) is 0.732. The van der Waals surface area contributed by atoms with Gasteiger partial charge in [0.1, 0.15) is 0 Å². The Morgan fingerprint density at radius 3 is 2.31 bits per heavy atom. The van der Waals surface area contributed by atoms with Crippen LogP contribution in [0.15, 0.2) is 30.3 Å². The maximum atomic E-state index is 12.1. The molecular formula is C18H28N2O5S. The first-order valence-electron chi connectivity index (χ1n) is 8.53. The molecule has 1 aromatic carbocycles. The van der Waals surface area contributed by atoms with Gasteiger partial charge < -0.3 is 15.7 Å². The van der Waals surface area contributed by atoms with Crippen LogP contribution in [0.5, 0.6) is 0 Å². The summed E-state index contributed by atoms with van der Waals surface area (Å²) in [4.78, 5) is 22.9. The van der Waals surface area contributed by atoms with E-state index in [-0.39, 0.29) is 31.2 Å². The Bertz CT molecular complexity index is 696. The van der Waals surface area contributed by atoms with Gasteiger partial charge in [0, 0.05) is 19.0 Å². The number of carboxylic acid groups (broad SMARTS) is 1. The maximum Gasteiger partial charge on any atom is 0.315 e. The van der Waals surface area contributed by atoms with Gasteiger partial charge in [-0.25, -0.2) is 13.2 Å². The Labute approximate surface area is 155 Å². The molecule has 0 aromatic heterocycles. The first kappa shape index (κ1) is 22.0. The highest BCUT2D eigenvalue weighted by Gasteiger charge is 2.28. The number of carbonyl (C=O) groups excluding carboxylic acids is 1. The second-order valence-corrected chi connectivity index (χ2v) is 10.0. The third kappa shape index (κ3) is 7.86. The summed E-state index contributed by atoms with van der Waals surface area (Å²) in [5.74, 6) is -1.08. The quantitative estimate of drug-likeness (QED) is 0.602. The Kier molecular flexibility index (Phi) is 8.08. The summed E-state index contributed by atoms with van der Waals surface area (Å²) >= 11 is 0. The topological polar surface area (TPSA) is 113 Å². The van der Waals surface area contributed by atoms with Gasteiger partial charge in [0.15, 0.2) is 9.84 Å². The minimum absolute atomic E-state index is 0.00240. The molecule has 7 nitrogen and oxygen atoms in total. The van der Waals surface area contributed by atoms with Crippen LogP contribution in [0.1, 0.15) is 39.2 Å². The molecule has 2 amide bonds. The number of urea groups is 1. The van der Waals surface area contributed by atoms with Crippen LogP contribution in [-0.2, 0) is 21.1 Å². The van der Waals surface area contributed by atoms with Crippen molar-refractivity contribution in [2.24, 2.45) is 0 Å². The molecule has 0 radical (unpaired) electrons. The number of aliphatic carboxylic acids is 1. The molecule has 3 N–H and O–H groups in total. The van der Waals surface area contributed by atoms with Gasteiger partial charge in [-0.15, -0.1) is 0 Å². The Balaban J connectivity index is 2.57. The summed E-state index contributed by atoms with van der Waals surface area (Å²) in [7, 11) is -3.31. The van der Waals surface area contributed by atoms with E-state index in [9.17, 15) is 18.0 Å². The monoisotopic (exact) mass is 384 g/mol. The van der Waals surface area contributed by atoms with Crippen LogP contribution in [0, 0.1) is 0 Å². The van der Waals surface area contributed by atoms with Gasteiger partial charge in [-0.2, -0.15) is 0 Å². The largest absolute Gasteiger partial charge is 0.481 e. The van der Waals surface area contributed by atoms with Crippen molar-refractivity contribution in [3.63, 3.8) is 0 Å². The molecule has 0 aliphatic rings. The third-order valence-electron chi connectivity index (χ3n) is 3.96. The van der Waals surface area contributed by atoms with Crippen LogP contribution in [0.25, 0.3) is 0 Å². The van der Waals surface area contributed by atoms with Crippen molar-refractivity contribution in [2.75, 3.05) is 12.3 Å². The average molecular weight is 384 g/mol. The zero-order valence-electron chi connectivity index (χ0n) is 15.5. The van der Waals surface area contributed by atoms with Crippen molar-refractivity contribution in [3.8, 4) is 0 Å². The lowest BCUT2D eigenvalue weighted by Gasteiger charge is -2.21. The van der Waals surface area contributed by atoms with Gasteiger partial charge in [0.25, 0.3) is 0 Å². The number of benzene rings is 1. The fourth-order valence-electron chi connectivity index (χ4n) is 2.26. The fraction of sp³-hybridized carbons (Fsp3) is 0.556. The molecule has 26 heavy (non-hydrogen) atoms. The lowest BCUT2D eigenvalue weighted by molar-refractivity contribution is -0.137. The van der Waals surface area contributed by atoms with Crippen LogP contribution < -0.4 is 10.6 Å². The van der Waals surface area contributed by atoms with Crippen LogP contribution >= 0.6 is 0 Å². The number of carboxylic acids is 1. The van der Waals surface area contributed by atoms with E-state index in [2.05, 4.69) is 10.6 Å². The fourth-order valence-corrected chi connectivity index (χ4v) is 3.25. The molecule has 0 fully saturated rings. The number of nitrogens with one attached hydrogen (secondary N) is 2. The van der Waals surface area contributed by atoms with Crippen LogP contribution in [-0.4, -0.2) is 48.6 Å². The average Bonchev–Trinajstić information content (AvgIpc) is 2.52. The molecule has 0 aliphatic heterocycles. The number of rotatable bonds is 9. The van der Waals surface area contributed by atoms with Crippen LogP contribution in [0.2, 0.25) is 0 Å². The molecule has 1 unspecified atom stereocenters. The summed E-state index contributed by atoms with van der Waals surface area (Å²) in [6.45, 7) is 4.85. The van der Waals surface area contributed by atoms with E-state index in [1.807, 2.05) is 30.3 Å². The summed E-state index contributed by atoms with van der Waals surface area (Å²) < 4.78 is 23.2. The van der Waals surface area contributed by atoms with E-state index < -0.39 is 26.6 Å². The number of amides is 2. The van der Waals surface area contributed by atoms with Crippen molar-refractivity contribution >= 4 is 21.8 Å². The first-order chi connectivity index (χ1) is 12.0. The van der Waals surface area contributed by atoms with Gasteiger partial charge in [-0.3, -0.25) is 4.79 Å². The van der Waals surface area contributed by atoms with Crippen LogP contribution in [0.4, 0.5) is 4.79 Å².